The summed E-state index contributed by atoms with van der Waals surface area (Å²) in [6, 6.07) is 2.02. The summed E-state index contributed by atoms with van der Waals surface area (Å²) in [7, 11) is 1.61. The van der Waals surface area contributed by atoms with Crippen LogP contribution in [0.3, 0.4) is 0 Å². The summed E-state index contributed by atoms with van der Waals surface area (Å²) in [6.45, 7) is 4.24. The predicted molar refractivity (Wildman–Crippen MR) is 62.0 cm³/mol. The molecule has 0 unspecified atom stereocenters. The quantitative estimate of drug-likeness (QED) is 0.625. The fraction of sp³-hybridized carbons (Fsp3) is 0.364. The third kappa shape index (κ3) is 2.46. The lowest BCUT2D eigenvalue weighted by atomic mass is 10.1. The van der Waals surface area contributed by atoms with E-state index in [1.54, 1.807) is 7.11 Å². The molecule has 0 aliphatic heterocycles. The van der Waals surface area contributed by atoms with Crippen LogP contribution in [0.1, 0.15) is 16.7 Å². The highest BCUT2D eigenvalue weighted by Gasteiger charge is 2.12. The van der Waals surface area contributed by atoms with Gasteiger partial charge >= 0.3 is 0 Å². The minimum atomic E-state index is 0.287. The fourth-order valence-corrected chi connectivity index (χ4v) is 1.99. The van der Waals surface area contributed by atoms with Crippen molar-refractivity contribution in [3.63, 3.8) is 0 Å². The van der Waals surface area contributed by atoms with Gasteiger partial charge in [0.05, 0.1) is 13.7 Å². The van der Waals surface area contributed by atoms with Crippen LogP contribution in [0.25, 0.3) is 0 Å². The molecule has 0 aliphatic carbocycles. The third-order valence-corrected chi connectivity index (χ3v) is 3.29. The van der Waals surface area contributed by atoms with E-state index in [-0.39, 0.29) is 6.54 Å². The molecule has 80 valence electrons. The van der Waals surface area contributed by atoms with E-state index in [4.69, 9.17) is 4.74 Å². The summed E-state index contributed by atoms with van der Waals surface area (Å²) < 4.78 is 6.22. The number of carbonyl (C=O) groups excluding carboxylic acids is 1. The van der Waals surface area contributed by atoms with Crippen molar-refractivity contribution in [3.05, 3.63) is 27.2 Å². The van der Waals surface area contributed by atoms with Crippen LogP contribution >= 0.6 is 15.9 Å². The normalized spacial score (nSPS) is 9.60. The largest absolute Gasteiger partial charge is 0.496 e. The van der Waals surface area contributed by atoms with Crippen molar-refractivity contribution in [2.24, 2.45) is 4.99 Å². The van der Waals surface area contributed by atoms with Gasteiger partial charge < -0.3 is 4.74 Å². The van der Waals surface area contributed by atoms with Gasteiger partial charge in [0, 0.05) is 10.0 Å². The summed E-state index contributed by atoms with van der Waals surface area (Å²) >= 11 is 3.47. The van der Waals surface area contributed by atoms with E-state index in [9.17, 15) is 4.79 Å². The molecular formula is C11H12BrNO2. The van der Waals surface area contributed by atoms with Gasteiger partial charge in [-0.1, -0.05) is 22.0 Å². The Hall–Kier alpha value is -1.12. The molecule has 0 spiro atoms. The van der Waals surface area contributed by atoms with Crippen molar-refractivity contribution in [3.8, 4) is 5.75 Å². The molecule has 0 amide bonds. The molecule has 0 fully saturated rings. The number of hydrogen-bond acceptors (Lipinski definition) is 3. The molecule has 15 heavy (non-hydrogen) atoms. The molecule has 0 heterocycles. The highest BCUT2D eigenvalue weighted by molar-refractivity contribution is 9.10. The summed E-state index contributed by atoms with van der Waals surface area (Å²) in [5.41, 5.74) is 3.03. The molecule has 0 N–H and O–H groups in total. The summed E-state index contributed by atoms with van der Waals surface area (Å²) in [6.07, 6.45) is 1.53. The number of aliphatic imine (C=N–C) groups is 1. The fourth-order valence-electron chi connectivity index (χ4n) is 1.57. The number of ether oxygens (including phenoxy) is 1. The number of methoxy groups -OCH3 is 1. The zero-order valence-corrected chi connectivity index (χ0v) is 10.5. The SMILES string of the molecule is COc1c(C)cc(C)c(Br)c1CN=C=O. The summed E-state index contributed by atoms with van der Waals surface area (Å²) in [5, 5.41) is 0. The van der Waals surface area contributed by atoms with Gasteiger partial charge in [-0.15, -0.1) is 0 Å². The zero-order valence-electron chi connectivity index (χ0n) is 8.93. The standard InChI is InChI=1S/C11H12BrNO2/c1-7-4-8(2)11(15-3)9(10(7)12)5-13-6-14/h4H,5H2,1-3H3. The van der Waals surface area contributed by atoms with E-state index in [0.717, 1.165) is 26.9 Å². The van der Waals surface area contributed by atoms with E-state index >= 15 is 0 Å². The van der Waals surface area contributed by atoms with Crippen LogP contribution in [0.4, 0.5) is 0 Å². The second-order valence-electron chi connectivity index (χ2n) is 3.24. The molecule has 0 bridgehead atoms. The highest BCUT2D eigenvalue weighted by Crippen LogP contribution is 2.33. The van der Waals surface area contributed by atoms with Crippen LogP contribution in [0, 0.1) is 13.8 Å². The van der Waals surface area contributed by atoms with Crippen LogP contribution in [0.5, 0.6) is 5.75 Å². The lowest BCUT2D eigenvalue weighted by Gasteiger charge is -2.13. The molecule has 1 aromatic carbocycles. The first kappa shape index (κ1) is 12.0. The molecule has 0 aromatic heterocycles. The molecule has 1 rings (SSSR count). The van der Waals surface area contributed by atoms with Crippen LogP contribution < -0.4 is 4.74 Å². The summed E-state index contributed by atoms with van der Waals surface area (Å²) in [5.74, 6) is 0.770. The molecular weight excluding hydrogens is 258 g/mol. The molecule has 3 nitrogen and oxygen atoms in total. The maximum atomic E-state index is 10.1. The van der Waals surface area contributed by atoms with Crippen molar-refractivity contribution >= 4 is 22.0 Å². The predicted octanol–water partition coefficient (Wildman–Crippen LogP) is 2.91. The first-order chi connectivity index (χ1) is 7.11. The number of isocyanates is 1. The van der Waals surface area contributed by atoms with Crippen LogP contribution in [-0.4, -0.2) is 13.2 Å². The van der Waals surface area contributed by atoms with E-state index < -0.39 is 0 Å². The molecule has 0 saturated heterocycles. The Bertz CT molecular complexity index is 423. The monoisotopic (exact) mass is 269 g/mol. The Labute approximate surface area is 97.3 Å². The third-order valence-electron chi connectivity index (χ3n) is 2.18. The smallest absolute Gasteiger partial charge is 0.235 e. The maximum Gasteiger partial charge on any atom is 0.235 e. The van der Waals surface area contributed by atoms with Gasteiger partial charge in [-0.3, -0.25) is 0 Å². The van der Waals surface area contributed by atoms with Gasteiger partial charge in [-0.2, -0.15) is 0 Å². The average molecular weight is 270 g/mol. The minimum absolute atomic E-state index is 0.287. The maximum absolute atomic E-state index is 10.1. The van der Waals surface area contributed by atoms with Crippen molar-refractivity contribution in [2.75, 3.05) is 7.11 Å². The number of nitrogens with zero attached hydrogens (tertiary/aromatic N) is 1. The van der Waals surface area contributed by atoms with Crippen molar-refractivity contribution in [1.29, 1.82) is 0 Å². The zero-order chi connectivity index (χ0) is 11.4. The van der Waals surface area contributed by atoms with Crippen LogP contribution in [0.2, 0.25) is 0 Å². The Morgan fingerprint density at radius 2 is 2.13 bits per heavy atom. The van der Waals surface area contributed by atoms with Crippen LogP contribution in [-0.2, 0) is 11.3 Å². The Kier molecular flexibility index (Phi) is 4.06. The van der Waals surface area contributed by atoms with Gasteiger partial charge in [-0.05, 0) is 25.0 Å². The van der Waals surface area contributed by atoms with Crippen molar-refractivity contribution in [1.82, 2.24) is 0 Å². The number of halogens is 1. The Morgan fingerprint density at radius 1 is 1.47 bits per heavy atom. The van der Waals surface area contributed by atoms with Gasteiger partial charge in [0.1, 0.15) is 5.75 Å². The van der Waals surface area contributed by atoms with Crippen molar-refractivity contribution < 1.29 is 9.53 Å². The second-order valence-corrected chi connectivity index (χ2v) is 4.04. The van der Waals surface area contributed by atoms with E-state index in [0.29, 0.717) is 0 Å². The number of aryl methyl sites for hydroxylation is 2. The highest BCUT2D eigenvalue weighted by atomic mass is 79.9. The number of rotatable bonds is 3. The van der Waals surface area contributed by atoms with Gasteiger partial charge in [0.15, 0.2) is 0 Å². The average Bonchev–Trinajstić information content (AvgIpc) is 2.21. The van der Waals surface area contributed by atoms with Crippen molar-refractivity contribution in [2.45, 2.75) is 20.4 Å². The summed E-state index contributed by atoms with van der Waals surface area (Å²) in [4.78, 5) is 13.7. The van der Waals surface area contributed by atoms with Gasteiger partial charge in [0.25, 0.3) is 0 Å². The van der Waals surface area contributed by atoms with E-state index in [2.05, 4.69) is 20.9 Å². The topological polar surface area (TPSA) is 38.7 Å². The molecule has 0 radical (unpaired) electrons. The van der Waals surface area contributed by atoms with E-state index in [1.165, 1.54) is 6.08 Å². The number of hydrogen-bond donors (Lipinski definition) is 0. The molecule has 0 saturated carbocycles. The first-order valence-corrected chi connectivity index (χ1v) is 5.27. The Balaban J connectivity index is 3.35. The molecule has 4 heteroatoms. The molecule has 0 aliphatic rings. The van der Waals surface area contributed by atoms with E-state index in [1.807, 2.05) is 19.9 Å². The lowest BCUT2D eigenvalue weighted by molar-refractivity contribution is 0.406. The lowest BCUT2D eigenvalue weighted by Crippen LogP contribution is -1.97. The van der Waals surface area contributed by atoms with Gasteiger partial charge in [0.2, 0.25) is 6.08 Å². The van der Waals surface area contributed by atoms with Crippen LogP contribution in [0.15, 0.2) is 15.5 Å². The first-order valence-electron chi connectivity index (χ1n) is 4.48. The molecule has 1 aromatic rings. The minimum Gasteiger partial charge on any atom is -0.496 e. The second kappa shape index (κ2) is 5.10. The van der Waals surface area contributed by atoms with Gasteiger partial charge in [-0.25, -0.2) is 9.79 Å². The Morgan fingerprint density at radius 3 is 2.67 bits per heavy atom. The number of benzene rings is 1. The molecule has 0 atom stereocenters.